The van der Waals surface area contributed by atoms with E-state index in [2.05, 4.69) is 27.1 Å². The zero-order chi connectivity index (χ0) is 18.8. The Hall–Kier alpha value is -2.86. The van der Waals surface area contributed by atoms with Gasteiger partial charge in [0.15, 0.2) is 5.16 Å². The molecule has 1 atom stereocenters. The van der Waals surface area contributed by atoms with Crippen LogP contribution in [0.15, 0.2) is 64.5 Å². The van der Waals surface area contributed by atoms with Gasteiger partial charge in [-0.1, -0.05) is 54.2 Å². The number of nitrogens with one attached hydrogen (secondary N) is 2. The summed E-state index contributed by atoms with van der Waals surface area (Å²) in [7, 11) is 0. The van der Waals surface area contributed by atoms with Crippen molar-refractivity contribution in [3.63, 3.8) is 0 Å². The fourth-order valence-electron chi connectivity index (χ4n) is 3.00. The number of hydrogen-bond acceptors (Lipinski definition) is 4. The molecule has 2 N–H and O–H groups in total. The van der Waals surface area contributed by atoms with Crippen LogP contribution in [-0.2, 0) is 6.42 Å². The molecule has 0 bridgehead atoms. The first kappa shape index (κ1) is 17.5. The summed E-state index contributed by atoms with van der Waals surface area (Å²) in [6, 6.07) is 17.7. The van der Waals surface area contributed by atoms with Crippen LogP contribution in [0.1, 0.15) is 34.9 Å². The molecule has 27 heavy (non-hydrogen) atoms. The Labute approximate surface area is 161 Å². The molecule has 0 spiro atoms. The van der Waals surface area contributed by atoms with Gasteiger partial charge in [0.25, 0.3) is 5.56 Å². The maximum Gasteiger partial charge on any atom is 0.258 e. The van der Waals surface area contributed by atoms with E-state index in [9.17, 15) is 4.79 Å². The Morgan fingerprint density at radius 2 is 1.74 bits per heavy atom. The second kappa shape index (κ2) is 7.40. The lowest BCUT2D eigenvalue weighted by Crippen LogP contribution is -2.12. The van der Waals surface area contributed by atoms with Gasteiger partial charge in [0, 0.05) is 12.1 Å². The maximum atomic E-state index is 12.3. The molecule has 0 aliphatic heterocycles. The number of para-hydroxylation sites is 1. The molecule has 2 heterocycles. The van der Waals surface area contributed by atoms with Crippen LogP contribution < -0.4 is 5.56 Å². The molecule has 2 aromatic carbocycles. The molecule has 0 saturated carbocycles. The standard InChI is InChI=1S/C21H20N4OS/c1-13-18(12-15-8-4-3-5-9-15)24-21(22-13)27-14(2)19-23-17-11-7-6-10-16(17)20(26)25-19/h3-11,14H,12H2,1-2H3,(H,22,24)(H,23,25,26). The van der Waals surface area contributed by atoms with Gasteiger partial charge in [-0.05, 0) is 31.5 Å². The smallest absolute Gasteiger partial charge is 0.258 e. The summed E-state index contributed by atoms with van der Waals surface area (Å²) in [4.78, 5) is 27.9. The summed E-state index contributed by atoms with van der Waals surface area (Å²) < 4.78 is 0. The summed E-state index contributed by atoms with van der Waals surface area (Å²) in [6.07, 6.45) is 0.795. The Morgan fingerprint density at radius 1 is 1.00 bits per heavy atom. The topological polar surface area (TPSA) is 74.4 Å². The molecule has 0 radical (unpaired) electrons. The molecule has 0 amide bonds. The summed E-state index contributed by atoms with van der Waals surface area (Å²) in [5, 5.41) is 1.41. The molecule has 2 aromatic heterocycles. The summed E-state index contributed by atoms with van der Waals surface area (Å²) in [5.74, 6) is 0.655. The highest BCUT2D eigenvalue weighted by Gasteiger charge is 2.16. The highest BCUT2D eigenvalue weighted by Crippen LogP contribution is 2.32. The van der Waals surface area contributed by atoms with Crippen molar-refractivity contribution in [1.29, 1.82) is 0 Å². The van der Waals surface area contributed by atoms with Gasteiger partial charge in [0.2, 0.25) is 0 Å². The molecule has 0 aliphatic carbocycles. The predicted molar refractivity (Wildman–Crippen MR) is 109 cm³/mol. The zero-order valence-electron chi connectivity index (χ0n) is 15.2. The lowest BCUT2D eigenvalue weighted by atomic mass is 10.1. The van der Waals surface area contributed by atoms with Gasteiger partial charge in [-0.15, -0.1) is 0 Å². The molecule has 1 unspecified atom stereocenters. The summed E-state index contributed by atoms with van der Waals surface area (Å²) in [5.41, 5.74) is 3.94. The van der Waals surface area contributed by atoms with Crippen molar-refractivity contribution < 1.29 is 0 Å². The Balaban J connectivity index is 1.56. The second-order valence-electron chi connectivity index (χ2n) is 6.50. The van der Waals surface area contributed by atoms with E-state index < -0.39 is 0 Å². The van der Waals surface area contributed by atoms with Gasteiger partial charge in [0.1, 0.15) is 5.82 Å². The van der Waals surface area contributed by atoms with Gasteiger partial charge < -0.3 is 9.97 Å². The Morgan fingerprint density at radius 3 is 2.56 bits per heavy atom. The largest absolute Gasteiger partial charge is 0.337 e. The number of hydrogen-bond donors (Lipinski definition) is 2. The van der Waals surface area contributed by atoms with E-state index in [0.29, 0.717) is 16.7 Å². The van der Waals surface area contributed by atoms with Crippen molar-refractivity contribution in [2.24, 2.45) is 0 Å². The van der Waals surface area contributed by atoms with Crippen LogP contribution in [0.25, 0.3) is 10.9 Å². The average molecular weight is 376 g/mol. The number of aryl methyl sites for hydroxylation is 1. The van der Waals surface area contributed by atoms with E-state index in [1.54, 1.807) is 17.8 Å². The van der Waals surface area contributed by atoms with E-state index >= 15 is 0 Å². The Kier molecular flexibility index (Phi) is 4.81. The number of thioether (sulfide) groups is 1. The van der Waals surface area contributed by atoms with Crippen LogP contribution in [0.4, 0.5) is 0 Å². The van der Waals surface area contributed by atoms with Crippen LogP contribution in [-0.4, -0.2) is 19.9 Å². The molecule has 0 fully saturated rings. The first-order chi connectivity index (χ1) is 13.1. The number of aromatic amines is 2. The third-order valence-electron chi connectivity index (χ3n) is 4.48. The van der Waals surface area contributed by atoms with Crippen LogP contribution in [0.3, 0.4) is 0 Å². The van der Waals surface area contributed by atoms with Crippen LogP contribution in [0, 0.1) is 6.92 Å². The minimum Gasteiger partial charge on any atom is -0.337 e. The second-order valence-corrected chi connectivity index (χ2v) is 7.83. The molecule has 5 nitrogen and oxygen atoms in total. The Bertz CT molecular complexity index is 1130. The SMILES string of the molecule is Cc1[nH]c(SC(C)c2nc3ccccc3c(=O)[nH]2)nc1Cc1ccccc1. The number of rotatable bonds is 5. The number of fused-ring (bicyclic) bond motifs is 1. The predicted octanol–water partition coefficient (Wildman–Crippen LogP) is 4.40. The van der Waals surface area contributed by atoms with E-state index in [-0.39, 0.29) is 10.8 Å². The molecule has 136 valence electrons. The first-order valence-electron chi connectivity index (χ1n) is 8.85. The molecule has 0 aliphatic rings. The fourth-order valence-corrected chi connectivity index (χ4v) is 3.94. The monoisotopic (exact) mass is 376 g/mol. The number of nitrogens with zero attached hydrogens (tertiary/aromatic N) is 2. The number of aromatic nitrogens is 4. The fraction of sp³-hybridized carbons (Fsp3) is 0.190. The molecule has 4 aromatic rings. The number of benzene rings is 2. The molecular weight excluding hydrogens is 356 g/mol. The molecule has 4 rings (SSSR count). The van der Waals surface area contributed by atoms with E-state index in [0.717, 1.165) is 23.0 Å². The van der Waals surface area contributed by atoms with Crippen molar-refractivity contribution in [2.75, 3.05) is 0 Å². The van der Waals surface area contributed by atoms with Crippen LogP contribution in [0.5, 0.6) is 0 Å². The van der Waals surface area contributed by atoms with E-state index in [1.165, 1.54) is 5.56 Å². The highest BCUT2D eigenvalue weighted by atomic mass is 32.2. The lowest BCUT2D eigenvalue weighted by molar-refractivity contribution is 0.909. The highest BCUT2D eigenvalue weighted by molar-refractivity contribution is 7.99. The minimum absolute atomic E-state index is 0.0302. The third-order valence-corrected chi connectivity index (χ3v) is 5.48. The summed E-state index contributed by atoms with van der Waals surface area (Å²) >= 11 is 1.56. The molecule has 0 saturated heterocycles. The van der Waals surface area contributed by atoms with Crippen molar-refractivity contribution >= 4 is 22.7 Å². The number of H-pyrrole nitrogens is 2. The minimum atomic E-state index is -0.108. The van der Waals surface area contributed by atoms with Gasteiger partial charge in [-0.3, -0.25) is 4.79 Å². The van der Waals surface area contributed by atoms with E-state index in [1.807, 2.05) is 50.2 Å². The van der Waals surface area contributed by atoms with Crippen molar-refractivity contribution in [1.82, 2.24) is 19.9 Å². The lowest BCUT2D eigenvalue weighted by Gasteiger charge is -2.09. The molecule has 6 heteroatoms. The number of imidazole rings is 1. The van der Waals surface area contributed by atoms with Crippen LogP contribution in [0.2, 0.25) is 0 Å². The normalized spacial score (nSPS) is 12.4. The molecular formula is C21H20N4OS. The quantitative estimate of drug-likeness (QED) is 0.506. The van der Waals surface area contributed by atoms with Crippen molar-refractivity contribution in [2.45, 2.75) is 30.7 Å². The van der Waals surface area contributed by atoms with Gasteiger partial charge in [0.05, 0.1) is 21.8 Å². The van der Waals surface area contributed by atoms with Gasteiger partial charge >= 0.3 is 0 Å². The van der Waals surface area contributed by atoms with Crippen molar-refractivity contribution in [3.05, 3.63) is 87.7 Å². The maximum absolute atomic E-state index is 12.3. The van der Waals surface area contributed by atoms with Gasteiger partial charge in [-0.2, -0.15) is 0 Å². The average Bonchev–Trinajstić information content (AvgIpc) is 3.01. The zero-order valence-corrected chi connectivity index (χ0v) is 16.0. The first-order valence-corrected chi connectivity index (χ1v) is 9.73. The third kappa shape index (κ3) is 3.80. The van der Waals surface area contributed by atoms with Gasteiger partial charge in [-0.25, -0.2) is 9.97 Å². The van der Waals surface area contributed by atoms with Crippen molar-refractivity contribution in [3.8, 4) is 0 Å². The summed E-state index contributed by atoms with van der Waals surface area (Å²) in [6.45, 7) is 4.06. The van der Waals surface area contributed by atoms with E-state index in [4.69, 9.17) is 4.98 Å². The van der Waals surface area contributed by atoms with Crippen LogP contribution >= 0.6 is 11.8 Å².